The number of carboxylic acids is 1. The van der Waals surface area contributed by atoms with Gasteiger partial charge in [-0.3, -0.25) is 9.59 Å². The third-order valence-electron chi connectivity index (χ3n) is 13.8. The normalized spacial score (nSPS) is 13.1. The van der Waals surface area contributed by atoms with E-state index in [-0.39, 0.29) is 38.6 Å². The Morgan fingerprint density at radius 3 is 1.08 bits per heavy atom. The largest absolute Gasteiger partial charge is 0.545 e. The molecule has 0 bridgehead atoms. The average Bonchev–Trinajstić information content (AvgIpc) is 3.38. The summed E-state index contributed by atoms with van der Waals surface area (Å²) in [4.78, 5) is 37.2. The smallest absolute Gasteiger partial charge is 0.310 e. The van der Waals surface area contributed by atoms with Crippen molar-refractivity contribution in [2.45, 2.75) is 296 Å². The maximum Gasteiger partial charge on any atom is 0.310 e. The summed E-state index contributed by atoms with van der Waals surface area (Å²) >= 11 is 0. The Balaban J connectivity index is 4.03. The summed E-state index contributed by atoms with van der Waals surface area (Å²) in [5.41, 5.74) is 0. The number of allylic oxidation sites excluding steroid dienone is 9. The van der Waals surface area contributed by atoms with Gasteiger partial charge >= 0.3 is 11.9 Å². The van der Waals surface area contributed by atoms with Crippen molar-refractivity contribution in [2.75, 3.05) is 47.5 Å². The fourth-order valence-electron chi connectivity index (χ4n) is 9.03. The number of carbonyl (C=O) groups excluding carboxylic acids is 3. The molecular formula is C66H119NO8. The van der Waals surface area contributed by atoms with Crippen molar-refractivity contribution >= 4 is 17.9 Å². The summed E-state index contributed by atoms with van der Waals surface area (Å²) in [6.45, 7) is 4.55. The van der Waals surface area contributed by atoms with Crippen molar-refractivity contribution in [3.05, 3.63) is 60.8 Å². The number of hydrogen-bond donors (Lipinski definition) is 0. The van der Waals surface area contributed by atoms with E-state index in [1.54, 1.807) is 6.08 Å². The molecule has 9 heteroatoms. The zero-order chi connectivity index (χ0) is 54.8. The van der Waals surface area contributed by atoms with E-state index in [2.05, 4.69) is 56.4 Å². The van der Waals surface area contributed by atoms with Crippen LogP contribution in [-0.2, 0) is 33.3 Å². The number of hydrogen-bond acceptors (Lipinski definition) is 8. The minimum absolute atomic E-state index is 0.0155. The highest BCUT2D eigenvalue weighted by molar-refractivity contribution is 5.71. The molecule has 0 saturated carbocycles. The first-order chi connectivity index (χ1) is 36.6. The molecule has 0 N–H and O–H groups in total. The molecule has 0 aliphatic carbocycles. The predicted octanol–water partition coefficient (Wildman–Crippen LogP) is 17.5. The van der Waals surface area contributed by atoms with Gasteiger partial charge in [0, 0.05) is 6.42 Å². The third kappa shape index (κ3) is 58.5. The quantitative estimate of drug-likeness (QED) is 0.0195. The van der Waals surface area contributed by atoms with Crippen LogP contribution < -0.4 is 5.11 Å². The first kappa shape index (κ1) is 72.0. The summed E-state index contributed by atoms with van der Waals surface area (Å²) in [5, 5.41) is 11.8. The molecule has 0 rings (SSSR count). The van der Waals surface area contributed by atoms with Crippen LogP contribution in [-0.4, -0.2) is 82.3 Å². The fraction of sp³-hybridized carbons (Fsp3) is 0.803. The van der Waals surface area contributed by atoms with Crippen LogP contribution in [0, 0.1) is 0 Å². The summed E-state index contributed by atoms with van der Waals surface area (Å²) < 4.78 is 22.5. The lowest BCUT2D eigenvalue weighted by atomic mass is 10.0. The van der Waals surface area contributed by atoms with Crippen LogP contribution in [0.25, 0.3) is 0 Å². The Labute approximate surface area is 463 Å². The second-order valence-corrected chi connectivity index (χ2v) is 22.3. The van der Waals surface area contributed by atoms with Crippen LogP contribution in [0.2, 0.25) is 0 Å². The minimum Gasteiger partial charge on any atom is -0.545 e. The zero-order valence-electron chi connectivity index (χ0n) is 49.7. The van der Waals surface area contributed by atoms with Gasteiger partial charge in [0.2, 0.25) is 0 Å². The molecule has 75 heavy (non-hydrogen) atoms. The molecular weight excluding hydrogens is 935 g/mol. The highest BCUT2D eigenvalue weighted by atomic mass is 16.7. The molecule has 0 aromatic rings. The van der Waals surface area contributed by atoms with Gasteiger partial charge in [-0.1, -0.05) is 293 Å². The number of aliphatic carboxylic acids is 1. The van der Waals surface area contributed by atoms with E-state index >= 15 is 0 Å². The highest BCUT2D eigenvalue weighted by Gasteiger charge is 2.21. The van der Waals surface area contributed by atoms with Gasteiger partial charge in [0.15, 0.2) is 12.4 Å². The number of rotatable bonds is 58. The van der Waals surface area contributed by atoms with Crippen LogP contribution in [0.4, 0.5) is 0 Å². The number of ether oxygens (including phenoxy) is 4. The molecule has 9 nitrogen and oxygen atoms in total. The van der Waals surface area contributed by atoms with E-state index < -0.39 is 24.3 Å². The van der Waals surface area contributed by atoms with Gasteiger partial charge in [-0.15, -0.1) is 0 Å². The maximum absolute atomic E-state index is 12.8. The summed E-state index contributed by atoms with van der Waals surface area (Å²) in [7, 11) is 5.89. The van der Waals surface area contributed by atoms with E-state index in [1.807, 2.05) is 33.3 Å². The number of quaternary nitrogens is 1. The van der Waals surface area contributed by atoms with Crippen LogP contribution in [0.15, 0.2) is 60.8 Å². The van der Waals surface area contributed by atoms with Gasteiger partial charge < -0.3 is 33.3 Å². The molecule has 0 heterocycles. The topological polar surface area (TPSA) is 111 Å². The van der Waals surface area contributed by atoms with Crippen molar-refractivity contribution in [1.29, 1.82) is 0 Å². The third-order valence-corrected chi connectivity index (χ3v) is 13.8. The van der Waals surface area contributed by atoms with Gasteiger partial charge in [-0.2, -0.15) is 0 Å². The zero-order valence-corrected chi connectivity index (χ0v) is 49.7. The summed E-state index contributed by atoms with van der Waals surface area (Å²) in [6, 6.07) is 0. The Bertz CT molecular complexity index is 1410. The molecule has 0 fully saturated rings. The first-order valence-corrected chi connectivity index (χ1v) is 31.4. The summed E-state index contributed by atoms with van der Waals surface area (Å²) in [6.07, 6.45) is 70.7. The van der Waals surface area contributed by atoms with E-state index in [4.69, 9.17) is 18.9 Å². The van der Waals surface area contributed by atoms with Crippen molar-refractivity contribution < 1.29 is 42.9 Å². The Kier molecular flexibility index (Phi) is 54.9. The van der Waals surface area contributed by atoms with Crippen LogP contribution in [0.1, 0.15) is 284 Å². The minimum atomic E-state index is -1.65. The van der Waals surface area contributed by atoms with Gasteiger partial charge in [-0.25, -0.2) is 0 Å². The van der Waals surface area contributed by atoms with E-state index in [0.717, 1.165) is 44.9 Å². The van der Waals surface area contributed by atoms with Crippen molar-refractivity contribution in [3.63, 3.8) is 0 Å². The lowest BCUT2D eigenvalue weighted by Gasteiger charge is -2.26. The van der Waals surface area contributed by atoms with Gasteiger partial charge in [0.05, 0.1) is 46.7 Å². The van der Waals surface area contributed by atoms with Crippen molar-refractivity contribution in [2.24, 2.45) is 0 Å². The Hall–Kier alpha value is -3.01. The lowest BCUT2D eigenvalue weighted by molar-refractivity contribution is -0.870. The number of likely N-dealkylation sites (N-methyl/N-ethyl adjacent to an activating group) is 1. The molecule has 2 atom stereocenters. The number of carbonyl (C=O) groups is 3. The fourth-order valence-corrected chi connectivity index (χ4v) is 9.03. The molecule has 0 spiro atoms. The van der Waals surface area contributed by atoms with E-state index in [9.17, 15) is 19.5 Å². The van der Waals surface area contributed by atoms with Crippen molar-refractivity contribution in [3.8, 4) is 0 Å². The summed E-state index contributed by atoms with van der Waals surface area (Å²) in [5.74, 6) is -2.44. The Morgan fingerprint density at radius 2 is 0.747 bits per heavy atom. The molecule has 0 aliphatic rings. The Morgan fingerprint density at radius 1 is 0.413 bits per heavy atom. The predicted molar refractivity (Wildman–Crippen MR) is 315 cm³/mol. The average molecular weight is 1050 g/mol. The molecule has 0 aliphatic heterocycles. The molecule has 2 unspecified atom stereocenters. The monoisotopic (exact) mass is 1050 g/mol. The SMILES string of the molecule is CC/C=C\C/C=C\C/C=C\C/C=C\C/C=C\CC(=O)OC(COC(=O)CCCCCCCCCCCCCCCCCCCCCCCCCCCCCCCCCCCCC)COC(OCC[N+](C)(C)C)C(=O)[O-]. The molecule has 0 aromatic carbocycles. The van der Waals surface area contributed by atoms with Gasteiger partial charge in [0.25, 0.3) is 0 Å². The van der Waals surface area contributed by atoms with E-state index in [1.165, 1.54) is 205 Å². The van der Waals surface area contributed by atoms with Crippen LogP contribution in [0.5, 0.6) is 0 Å². The number of esters is 2. The number of nitrogens with zero attached hydrogens (tertiary/aromatic N) is 1. The first-order valence-electron chi connectivity index (χ1n) is 31.4. The maximum atomic E-state index is 12.8. The second kappa shape index (κ2) is 57.2. The molecule has 0 saturated heterocycles. The number of carboxylic acid groups (broad SMARTS) is 1. The van der Waals surface area contributed by atoms with Crippen molar-refractivity contribution in [1.82, 2.24) is 0 Å². The van der Waals surface area contributed by atoms with Crippen LogP contribution >= 0.6 is 0 Å². The van der Waals surface area contributed by atoms with Gasteiger partial charge in [-0.05, 0) is 38.5 Å². The second-order valence-electron chi connectivity index (χ2n) is 22.3. The van der Waals surface area contributed by atoms with E-state index in [0.29, 0.717) is 17.4 Å². The molecule has 0 aromatic heterocycles. The highest BCUT2D eigenvalue weighted by Crippen LogP contribution is 2.18. The standard InChI is InChI=1S/C66H119NO8/c1-6-8-10-12-14-16-18-20-22-23-24-25-26-27-28-29-30-31-32-33-34-35-36-37-38-39-40-41-43-44-46-48-50-52-54-56-63(68)73-60-62(61-74-66(65(70)71)72-59-58-67(3,4)5)75-64(69)57-55-53-51-49-47-45-42-21-19-17-15-13-11-9-7-2/h9,11,15,17,21,42,47,49,53,55,62,66H,6-8,10,12-14,16,18-20,22-41,43-46,48,50-52,54,56-61H2,1-5H3/b11-9-,17-15-,42-21-,49-47-,55-53-. The lowest BCUT2D eigenvalue weighted by Crippen LogP contribution is -2.44. The number of unbranched alkanes of at least 4 members (excludes halogenated alkanes) is 34. The molecule has 436 valence electrons. The van der Waals surface area contributed by atoms with Crippen LogP contribution in [0.3, 0.4) is 0 Å². The molecule has 0 radical (unpaired) electrons. The molecule has 0 amide bonds. The van der Waals surface area contributed by atoms with Gasteiger partial charge in [0.1, 0.15) is 13.2 Å².